The van der Waals surface area contributed by atoms with Gasteiger partial charge in [0.15, 0.2) is 4.87 Å². The summed E-state index contributed by atoms with van der Waals surface area (Å²) in [5.74, 6) is -1.42. The van der Waals surface area contributed by atoms with Crippen molar-refractivity contribution in [3.8, 4) is 11.3 Å². The van der Waals surface area contributed by atoms with Gasteiger partial charge in [-0.3, -0.25) is 9.97 Å². The Balaban J connectivity index is 1.89. The third-order valence-electron chi connectivity index (χ3n) is 7.12. The summed E-state index contributed by atoms with van der Waals surface area (Å²) in [4.78, 5) is 37.8. The molecule has 12 heteroatoms. The highest BCUT2D eigenvalue weighted by Gasteiger charge is 2.47. The predicted molar refractivity (Wildman–Crippen MR) is 174 cm³/mol. The standard InChI is InChI=1S/C34H39N5O6S/c1-32(2,3)29(30(40)41)39(31(42)45-33(4,5)6)28-14-9-13-27(38-28)34(35,46(43,44)25-11-10-19-36-22-25)21-23-15-17-24(18-16-23)26-12-7-8-20-37-26/h7-20,22,29H,21,35H2,1-6H3,(H,40,41). The van der Waals surface area contributed by atoms with Crippen LogP contribution in [0.4, 0.5) is 10.6 Å². The molecule has 1 aromatic carbocycles. The molecule has 3 heterocycles. The average Bonchev–Trinajstić information content (AvgIpc) is 2.99. The van der Waals surface area contributed by atoms with Crippen LogP contribution in [0.5, 0.6) is 0 Å². The molecule has 0 bridgehead atoms. The first-order chi connectivity index (χ1) is 21.4. The lowest BCUT2D eigenvalue weighted by Gasteiger charge is -2.37. The van der Waals surface area contributed by atoms with Crippen molar-refractivity contribution in [2.45, 2.75) is 69.4 Å². The van der Waals surface area contributed by atoms with Crippen LogP contribution in [0.15, 0.2) is 96.3 Å². The number of carboxylic acids is 1. The van der Waals surface area contributed by atoms with E-state index in [0.29, 0.717) is 5.56 Å². The minimum atomic E-state index is -4.38. The van der Waals surface area contributed by atoms with E-state index < -0.39 is 43.8 Å². The first-order valence-electron chi connectivity index (χ1n) is 14.6. The summed E-state index contributed by atoms with van der Waals surface area (Å²) in [6, 6.07) is 18.5. The Kier molecular flexibility index (Phi) is 9.64. The van der Waals surface area contributed by atoms with Crippen LogP contribution in [0.2, 0.25) is 0 Å². The summed E-state index contributed by atoms with van der Waals surface area (Å²) in [5.41, 5.74) is 7.07. The maximum atomic E-state index is 14.3. The highest BCUT2D eigenvalue weighted by molar-refractivity contribution is 7.92. The second-order valence-electron chi connectivity index (χ2n) is 13.0. The number of carbonyl (C=O) groups excluding carboxylic acids is 1. The second kappa shape index (κ2) is 13.0. The van der Waals surface area contributed by atoms with Crippen LogP contribution in [0.3, 0.4) is 0 Å². The number of carbonyl (C=O) groups is 2. The van der Waals surface area contributed by atoms with E-state index in [2.05, 4.69) is 15.0 Å². The molecule has 0 fully saturated rings. The van der Waals surface area contributed by atoms with E-state index in [1.54, 1.807) is 59.9 Å². The lowest BCUT2D eigenvalue weighted by molar-refractivity contribution is -0.141. The normalized spacial score (nSPS) is 14.2. The molecular formula is C34H39N5O6S. The fourth-order valence-corrected chi connectivity index (χ4v) is 6.60. The number of aromatic nitrogens is 3. The van der Waals surface area contributed by atoms with Gasteiger partial charge in [-0.2, -0.15) is 0 Å². The van der Waals surface area contributed by atoms with Gasteiger partial charge in [0.1, 0.15) is 17.5 Å². The molecule has 4 aromatic rings. The summed E-state index contributed by atoms with van der Waals surface area (Å²) in [6.45, 7) is 9.98. The number of rotatable bonds is 9. The van der Waals surface area contributed by atoms with E-state index in [4.69, 9.17) is 10.5 Å². The van der Waals surface area contributed by atoms with Crippen molar-refractivity contribution in [3.05, 3.63) is 103 Å². The number of sulfone groups is 1. The van der Waals surface area contributed by atoms with Crippen molar-refractivity contribution >= 4 is 27.7 Å². The van der Waals surface area contributed by atoms with Gasteiger partial charge in [0.2, 0.25) is 9.84 Å². The summed E-state index contributed by atoms with van der Waals surface area (Å²) >= 11 is 0. The minimum Gasteiger partial charge on any atom is -0.480 e. The lowest BCUT2D eigenvalue weighted by Crippen LogP contribution is -2.54. The molecule has 11 nitrogen and oxygen atoms in total. The average molecular weight is 646 g/mol. The Labute approximate surface area is 269 Å². The number of ether oxygens (including phenoxy) is 1. The van der Waals surface area contributed by atoms with Crippen LogP contribution >= 0.6 is 0 Å². The number of amides is 1. The molecule has 0 spiro atoms. The number of anilines is 1. The highest BCUT2D eigenvalue weighted by Crippen LogP contribution is 2.36. The van der Waals surface area contributed by atoms with Crippen LogP contribution < -0.4 is 10.6 Å². The topological polar surface area (TPSA) is 166 Å². The van der Waals surface area contributed by atoms with Crippen LogP contribution in [-0.4, -0.2) is 52.2 Å². The van der Waals surface area contributed by atoms with Crippen molar-refractivity contribution in [2.24, 2.45) is 11.1 Å². The van der Waals surface area contributed by atoms with Crippen molar-refractivity contribution in [1.82, 2.24) is 15.0 Å². The molecule has 2 unspecified atom stereocenters. The molecule has 0 saturated heterocycles. The van der Waals surface area contributed by atoms with E-state index >= 15 is 0 Å². The number of hydrogen-bond donors (Lipinski definition) is 2. The Morgan fingerprint density at radius 2 is 1.61 bits per heavy atom. The first kappa shape index (κ1) is 34.2. The third-order valence-corrected chi connectivity index (χ3v) is 9.30. The SMILES string of the molecule is CC(C)(C)OC(=O)N(c1cccc(C(N)(Cc2ccc(-c3ccccn3)cc2)S(=O)(=O)c2cccnc2)n1)C(C(=O)O)C(C)(C)C. The number of benzene rings is 1. The van der Waals surface area contributed by atoms with Crippen molar-refractivity contribution in [3.63, 3.8) is 0 Å². The van der Waals surface area contributed by atoms with Crippen molar-refractivity contribution in [2.75, 3.05) is 4.90 Å². The fourth-order valence-electron chi connectivity index (χ4n) is 4.97. The van der Waals surface area contributed by atoms with Gasteiger partial charge < -0.3 is 15.6 Å². The number of nitrogens with zero attached hydrogens (tertiary/aromatic N) is 4. The molecule has 2 atom stereocenters. The summed E-state index contributed by atoms with van der Waals surface area (Å²) < 4.78 is 34.3. The smallest absolute Gasteiger partial charge is 0.416 e. The molecule has 0 saturated carbocycles. The Morgan fingerprint density at radius 1 is 0.913 bits per heavy atom. The second-order valence-corrected chi connectivity index (χ2v) is 15.2. The van der Waals surface area contributed by atoms with E-state index in [9.17, 15) is 23.1 Å². The molecule has 46 heavy (non-hydrogen) atoms. The first-order valence-corrected chi connectivity index (χ1v) is 16.1. The zero-order chi connectivity index (χ0) is 33.9. The number of hydrogen-bond acceptors (Lipinski definition) is 9. The van der Waals surface area contributed by atoms with Crippen LogP contribution in [0.25, 0.3) is 11.3 Å². The molecule has 0 aliphatic carbocycles. The van der Waals surface area contributed by atoms with Crippen LogP contribution in [0, 0.1) is 5.41 Å². The van der Waals surface area contributed by atoms with Gasteiger partial charge in [-0.05, 0) is 68.1 Å². The highest BCUT2D eigenvalue weighted by atomic mass is 32.2. The van der Waals surface area contributed by atoms with Gasteiger partial charge in [-0.15, -0.1) is 0 Å². The van der Waals surface area contributed by atoms with Gasteiger partial charge in [0, 0.05) is 30.6 Å². The minimum absolute atomic E-state index is 0.103. The van der Waals surface area contributed by atoms with E-state index in [1.165, 1.54) is 42.7 Å². The maximum absolute atomic E-state index is 14.3. The predicted octanol–water partition coefficient (Wildman–Crippen LogP) is 5.61. The summed E-state index contributed by atoms with van der Waals surface area (Å²) in [5, 5.41) is 10.3. The van der Waals surface area contributed by atoms with Gasteiger partial charge in [-0.25, -0.2) is 27.9 Å². The monoisotopic (exact) mass is 645 g/mol. The van der Waals surface area contributed by atoms with E-state index in [1.807, 2.05) is 30.3 Å². The van der Waals surface area contributed by atoms with Gasteiger partial charge in [0.25, 0.3) is 0 Å². The Morgan fingerprint density at radius 3 is 2.15 bits per heavy atom. The molecule has 0 aliphatic heterocycles. The zero-order valence-corrected chi connectivity index (χ0v) is 27.5. The fraction of sp³-hybridized carbons (Fsp3) is 0.324. The number of carboxylic acid groups (broad SMARTS) is 1. The van der Waals surface area contributed by atoms with E-state index in [-0.39, 0.29) is 22.8 Å². The van der Waals surface area contributed by atoms with Crippen LogP contribution in [0.1, 0.15) is 52.8 Å². The zero-order valence-electron chi connectivity index (χ0n) is 26.7. The van der Waals surface area contributed by atoms with Gasteiger partial charge in [0.05, 0.1) is 16.3 Å². The summed E-state index contributed by atoms with van der Waals surface area (Å²) in [7, 11) is -4.38. The molecule has 4 rings (SSSR count). The number of nitrogens with two attached hydrogens (primary N) is 1. The van der Waals surface area contributed by atoms with Crippen molar-refractivity contribution < 1.29 is 27.9 Å². The Bertz CT molecular complexity index is 1790. The molecule has 0 radical (unpaired) electrons. The molecule has 1 amide bonds. The van der Waals surface area contributed by atoms with Crippen LogP contribution in [-0.2, 0) is 30.7 Å². The molecular weight excluding hydrogens is 606 g/mol. The van der Waals surface area contributed by atoms with Crippen molar-refractivity contribution in [1.29, 1.82) is 0 Å². The molecule has 0 aliphatic rings. The Hall–Kier alpha value is -4.68. The van der Waals surface area contributed by atoms with E-state index in [0.717, 1.165) is 16.2 Å². The largest absolute Gasteiger partial charge is 0.480 e. The molecule has 3 N–H and O–H groups in total. The quantitative estimate of drug-likeness (QED) is 0.234. The molecule has 3 aromatic heterocycles. The third kappa shape index (κ3) is 7.40. The molecule has 242 valence electrons. The number of pyridine rings is 3. The lowest BCUT2D eigenvalue weighted by atomic mass is 9.85. The van der Waals surface area contributed by atoms with Gasteiger partial charge in [-0.1, -0.05) is 57.2 Å². The van der Waals surface area contributed by atoms with Gasteiger partial charge >= 0.3 is 12.1 Å². The maximum Gasteiger partial charge on any atom is 0.416 e. The summed E-state index contributed by atoms with van der Waals surface area (Å²) in [6.07, 6.45) is 3.17. The number of aliphatic carboxylic acids is 1.